The van der Waals surface area contributed by atoms with E-state index in [1.165, 1.54) is 23.7 Å². The van der Waals surface area contributed by atoms with E-state index < -0.39 is 0 Å². The average Bonchev–Trinajstić information content (AvgIpc) is 3.16. The summed E-state index contributed by atoms with van der Waals surface area (Å²) in [5.41, 5.74) is 3.85. The van der Waals surface area contributed by atoms with Gasteiger partial charge in [0.1, 0.15) is 11.6 Å². The summed E-state index contributed by atoms with van der Waals surface area (Å²) in [6.45, 7) is 0. The van der Waals surface area contributed by atoms with Crippen LogP contribution in [0.1, 0.15) is 0 Å². The number of carbonyl (C=O) groups excluding carboxylic acids is 1. The quantitative estimate of drug-likeness (QED) is 0.406. The van der Waals surface area contributed by atoms with Crippen LogP contribution in [0.15, 0.2) is 71.8 Å². The van der Waals surface area contributed by atoms with E-state index >= 15 is 0 Å². The van der Waals surface area contributed by atoms with Crippen LogP contribution in [0.25, 0.3) is 38.8 Å². The van der Waals surface area contributed by atoms with Gasteiger partial charge >= 0.3 is 11.7 Å². The van der Waals surface area contributed by atoms with Crippen molar-refractivity contribution in [2.24, 2.45) is 0 Å². The van der Waals surface area contributed by atoms with Gasteiger partial charge in [0.15, 0.2) is 0 Å². The second kappa shape index (κ2) is 7.62. The van der Waals surface area contributed by atoms with Crippen molar-refractivity contribution in [3.05, 3.63) is 83.3 Å². The lowest BCUT2D eigenvalue weighted by Gasteiger charge is -2.09. The van der Waals surface area contributed by atoms with E-state index in [0.717, 1.165) is 16.5 Å². The Bertz CT molecular complexity index is 1520. The first kappa shape index (κ1) is 19.4. The Morgan fingerprint density at radius 1 is 1.00 bits per heavy atom. The SMILES string of the molecule is CNC(=O)Nc1ccc(-c2ccc3ncc4[nH]c(=O)n(-c5ccc(F)cc5)c4c3c2)cn1. The largest absolute Gasteiger partial charge is 0.341 e. The lowest BCUT2D eigenvalue weighted by Crippen LogP contribution is -2.24. The van der Waals surface area contributed by atoms with Gasteiger partial charge in [-0.3, -0.25) is 14.9 Å². The molecule has 0 atom stereocenters. The maximum absolute atomic E-state index is 13.4. The Hall–Kier alpha value is -4.53. The van der Waals surface area contributed by atoms with E-state index in [2.05, 4.69) is 25.6 Å². The molecule has 2 amide bonds. The fourth-order valence-corrected chi connectivity index (χ4v) is 3.62. The smallest absolute Gasteiger partial charge is 0.331 e. The molecule has 0 radical (unpaired) electrons. The molecule has 3 N–H and O–H groups in total. The molecule has 3 aromatic heterocycles. The van der Waals surface area contributed by atoms with Crippen LogP contribution in [0.4, 0.5) is 15.0 Å². The number of aromatic nitrogens is 4. The highest BCUT2D eigenvalue weighted by Crippen LogP contribution is 2.29. The molecule has 0 aliphatic heterocycles. The number of hydrogen-bond acceptors (Lipinski definition) is 4. The van der Waals surface area contributed by atoms with Gasteiger partial charge in [0.2, 0.25) is 0 Å². The van der Waals surface area contributed by atoms with Crippen LogP contribution in [0, 0.1) is 5.82 Å². The Labute approximate surface area is 180 Å². The normalized spacial score (nSPS) is 11.1. The number of nitrogens with one attached hydrogen (secondary N) is 3. The number of nitrogens with zero attached hydrogens (tertiary/aromatic N) is 3. The maximum Gasteiger partial charge on any atom is 0.331 e. The number of imidazole rings is 1. The van der Waals surface area contributed by atoms with Crippen molar-refractivity contribution in [3.8, 4) is 16.8 Å². The Morgan fingerprint density at radius 2 is 1.78 bits per heavy atom. The Kier molecular flexibility index (Phi) is 4.63. The van der Waals surface area contributed by atoms with E-state index in [0.29, 0.717) is 28.1 Å². The highest BCUT2D eigenvalue weighted by atomic mass is 19.1. The summed E-state index contributed by atoms with van der Waals surface area (Å²) in [6, 6.07) is 14.7. The summed E-state index contributed by atoms with van der Waals surface area (Å²) in [6.07, 6.45) is 3.27. The summed E-state index contributed by atoms with van der Waals surface area (Å²) in [4.78, 5) is 35.7. The van der Waals surface area contributed by atoms with Gasteiger partial charge in [0.05, 0.1) is 28.4 Å². The van der Waals surface area contributed by atoms with E-state index in [1.54, 1.807) is 30.6 Å². The van der Waals surface area contributed by atoms with E-state index in [9.17, 15) is 14.0 Å². The first-order valence-corrected chi connectivity index (χ1v) is 9.78. The molecule has 158 valence electrons. The van der Waals surface area contributed by atoms with Gasteiger partial charge in [-0.2, -0.15) is 0 Å². The Morgan fingerprint density at radius 3 is 2.50 bits per heavy atom. The molecule has 0 saturated carbocycles. The van der Waals surface area contributed by atoms with Gasteiger partial charge in [0.25, 0.3) is 0 Å². The molecule has 2 aromatic carbocycles. The van der Waals surface area contributed by atoms with Crippen LogP contribution in [-0.4, -0.2) is 32.6 Å². The topological polar surface area (TPSA) is 105 Å². The molecule has 0 saturated heterocycles. The van der Waals surface area contributed by atoms with Crippen LogP contribution >= 0.6 is 0 Å². The van der Waals surface area contributed by atoms with Crippen LogP contribution < -0.4 is 16.3 Å². The van der Waals surface area contributed by atoms with E-state index in [1.807, 2.05) is 24.3 Å². The number of anilines is 1. The van der Waals surface area contributed by atoms with Crippen LogP contribution in [0.5, 0.6) is 0 Å². The molecule has 0 aliphatic rings. The number of benzene rings is 2. The molecule has 3 heterocycles. The fourth-order valence-electron chi connectivity index (χ4n) is 3.62. The van der Waals surface area contributed by atoms with Gasteiger partial charge in [-0.1, -0.05) is 6.07 Å². The van der Waals surface area contributed by atoms with Gasteiger partial charge < -0.3 is 10.3 Å². The van der Waals surface area contributed by atoms with Crippen molar-refractivity contribution in [2.75, 3.05) is 12.4 Å². The molecule has 0 aliphatic carbocycles. The lowest BCUT2D eigenvalue weighted by molar-refractivity contribution is 0.254. The summed E-state index contributed by atoms with van der Waals surface area (Å²) in [5, 5.41) is 5.85. The highest BCUT2D eigenvalue weighted by molar-refractivity contribution is 6.04. The molecular formula is C23H17FN6O2. The number of carbonyl (C=O) groups is 1. The number of aromatic amines is 1. The third kappa shape index (κ3) is 3.35. The standard InChI is InChI=1S/C23H17FN6O2/c1-25-22(31)29-20-9-3-14(11-27-20)13-2-8-18-17(10-13)21-19(12-26-18)28-23(32)30(21)16-6-4-15(24)5-7-16/h2-12H,1H3,(H,28,32)(H2,25,27,29,31). The second-order valence-corrected chi connectivity index (χ2v) is 7.13. The number of amides is 2. The first-order valence-electron chi connectivity index (χ1n) is 9.78. The highest BCUT2D eigenvalue weighted by Gasteiger charge is 2.14. The van der Waals surface area contributed by atoms with Crippen molar-refractivity contribution in [1.29, 1.82) is 0 Å². The van der Waals surface area contributed by atoms with Crippen molar-refractivity contribution in [3.63, 3.8) is 0 Å². The second-order valence-electron chi connectivity index (χ2n) is 7.13. The number of H-pyrrole nitrogens is 1. The molecular weight excluding hydrogens is 411 g/mol. The van der Waals surface area contributed by atoms with E-state index in [-0.39, 0.29) is 17.5 Å². The number of hydrogen-bond donors (Lipinski definition) is 3. The minimum Gasteiger partial charge on any atom is -0.341 e. The van der Waals surface area contributed by atoms with Crippen LogP contribution in [-0.2, 0) is 0 Å². The minimum absolute atomic E-state index is 0.336. The zero-order valence-electron chi connectivity index (χ0n) is 16.9. The molecule has 0 spiro atoms. The summed E-state index contributed by atoms with van der Waals surface area (Å²) >= 11 is 0. The Balaban J connectivity index is 1.66. The van der Waals surface area contributed by atoms with Crippen molar-refractivity contribution in [1.82, 2.24) is 24.8 Å². The van der Waals surface area contributed by atoms with Crippen molar-refractivity contribution in [2.45, 2.75) is 0 Å². The van der Waals surface area contributed by atoms with Crippen LogP contribution in [0.3, 0.4) is 0 Å². The number of rotatable bonds is 3. The zero-order valence-corrected chi connectivity index (χ0v) is 16.9. The van der Waals surface area contributed by atoms with Gasteiger partial charge in [0, 0.05) is 24.2 Å². The zero-order chi connectivity index (χ0) is 22.2. The lowest BCUT2D eigenvalue weighted by atomic mass is 10.0. The third-order valence-electron chi connectivity index (χ3n) is 5.16. The predicted molar refractivity (Wildman–Crippen MR) is 120 cm³/mol. The van der Waals surface area contributed by atoms with Gasteiger partial charge in [-0.15, -0.1) is 0 Å². The monoisotopic (exact) mass is 428 g/mol. The molecule has 9 heteroatoms. The molecule has 5 rings (SSSR count). The molecule has 32 heavy (non-hydrogen) atoms. The fraction of sp³-hybridized carbons (Fsp3) is 0.0435. The minimum atomic E-state index is -0.377. The molecule has 5 aromatic rings. The maximum atomic E-state index is 13.4. The van der Waals surface area contributed by atoms with Gasteiger partial charge in [-0.05, 0) is 54.1 Å². The van der Waals surface area contributed by atoms with Gasteiger partial charge in [-0.25, -0.2) is 19.0 Å². The third-order valence-corrected chi connectivity index (χ3v) is 5.16. The van der Waals surface area contributed by atoms with E-state index in [4.69, 9.17) is 0 Å². The number of halogens is 1. The predicted octanol–water partition coefficient (Wildman–Crippen LogP) is 3.82. The number of fused-ring (bicyclic) bond motifs is 3. The first-order chi connectivity index (χ1) is 15.5. The summed E-state index contributed by atoms with van der Waals surface area (Å²) in [7, 11) is 1.53. The summed E-state index contributed by atoms with van der Waals surface area (Å²) < 4.78 is 14.9. The summed E-state index contributed by atoms with van der Waals surface area (Å²) in [5.74, 6) is 0.0473. The van der Waals surface area contributed by atoms with Crippen molar-refractivity contribution >= 4 is 33.8 Å². The molecule has 0 unspecified atom stereocenters. The number of pyridine rings is 2. The number of urea groups is 1. The molecule has 8 nitrogen and oxygen atoms in total. The molecule has 0 bridgehead atoms. The molecule has 0 fully saturated rings. The average molecular weight is 428 g/mol. The van der Waals surface area contributed by atoms with Crippen molar-refractivity contribution < 1.29 is 9.18 Å². The van der Waals surface area contributed by atoms with Crippen LogP contribution in [0.2, 0.25) is 0 Å².